The summed E-state index contributed by atoms with van der Waals surface area (Å²) in [7, 11) is 0. The van der Waals surface area contributed by atoms with Crippen LogP contribution in [0.5, 0.6) is 0 Å². The Kier molecular flexibility index (Phi) is 64.7. The molecule has 0 spiro atoms. The molecule has 0 saturated carbocycles. The van der Waals surface area contributed by atoms with Gasteiger partial charge < -0.3 is 14.2 Å². The van der Waals surface area contributed by atoms with Gasteiger partial charge in [-0.15, -0.1) is 0 Å². The normalized spacial score (nSPS) is 12.5. The smallest absolute Gasteiger partial charge is 0.306 e. The van der Waals surface area contributed by atoms with Gasteiger partial charge in [0.15, 0.2) is 6.10 Å². The van der Waals surface area contributed by atoms with Crippen LogP contribution in [-0.4, -0.2) is 37.2 Å². The summed E-state index contributed by atoms with van der Waals surface area (Å²) in [5.41, 5.74) is 0. The van der Waals surface area contributed by atoms with E-state index in [4.69, 9.17) is 14.2 Å². The number of allylic oxidation sites excluding steroid dienone is 12. The number of unbranched alkanes of at least 4 members (excludes halogenated alkanes) is 40. The lowest BCUT2D eigenvalue weighted by atomic mass is 10.0. The van der Waals surface area contributed by atoms with Crippen LogP contribution in [0.3, 0.4) is 0 Å². The predicted octanol–water partition coefficient (Wildman–Crippen LogP) is 23.7. The first-order chi connectivity index (χ1) is 39.0. The van der Waals surface area contributed by atoms with Crippen molar-refractivity contribution in [1.82, 2.24) is 0 Å². The summed E-state index contributed by atoms with van der Waals surface area (Å²) in [5, 5.41) is 0. The molecular formula is C73H130O6. The van der Waals surface area contributed by atoms with Crippen molar-refractivity contribution in [1.29, 1.82) is 0 Å². The zero-order valence-corrected chi connectivity index (χ0v) is 52.6. The first-order valence-corrected chi connectivity index (χ1v) is 34.4. The summed E-state index contributed by atoms with van der Waals surface area (Å²) < 4.78 is 16.9. The molecule has 0 saturated heterocycles. The SMILES string of the molecule is CC/C=C\C/C=C\C/C=C\C/C=C\CCCCCCCCCCC(=O)OC(COC(=O)CCCCCCC/C=C\C/C=C\CCC)COC(=O)CCCCCCCCCCCCCCCCCCCCCCCCCCCCC. The summed E-state index contributed by atoms with van der Waals surface area (Å²) in [6.07, 6.45) is 87.9. The second-order valence-corrected chi connectivity index (χ2v) is 23.1. The largest absolute Gasteiger partial charge is 0.462 e. The van der Waals surface area contributed by atoms with E-state index in [0.717, 1.165) is 116 Å². The zero-order chi connectivity index (χ0) is 57.1. The Morgan fingerprint density at radius 1 is 0.266 bits per heavy atom. The number of ether oxygens (including phenoxy) is 3. The molecule has 0 amide bonds. The van der Waals surface area contributed by atoms with Crippen molar-refractivity contribution in [3.8, 4) is 0 Å². The minimum absolute atomic E-state index is 0.0802. The molecular weight excluding hydrogens is 973 g/mol. The molecule has 0 aliphatic heterocycles. The van der Waals surface area contributed by atoms with Crippen LogP contribution in [0, 0.1) is 0 Å². The second kappa shape index (κ2) is 67.4. The van der Waals surface area contributed by atoms with E-state index in [-0.39, 0.29) is 31.1 Å². The Labute approximate surface area is 491 Å². The third kappa shape index (κ3) is 65.5. The fraction of sp³-hybridized carbons (Fsp3) is 0.795. The standard InChI is InChI=1S/C73H130O6/c1-4-7-10-13-16-19-22-25-27-29-31-33-34-35-36-37-38-40-41-43-45-48-51-54-57-60-63-66-72(75)78-69-70(68-77-71(74)65-62-59-56-53-50-47-24-21-18-15-12-9-6-3)79-73(76)67-64-61-58-55-52-49-46-44-42-39-32-30-28-26-23-20-17-14-11-8-5-2/h8,11-12,15,17,20-21,24,26,28,32,39,70H,4-7,9-10,13-14,16,18-19,22-23,25,27,29-31,33-38,40-69H2,1-3H3/b11-8-,15-12-,20-17-,24-21-,28-26-,39-32-. The van der Waals surface area contributed by atoms with E-state index < -0.39 is 6.10 Å². The summed E-state index contributed by atoms with van der Waals surface area (Å²) >= 11 is 0. The van der Waals surface area contributed by atoms with Crippen LogP contribution in [0.25, 0.3) is 0 Å². The number of hydrogen-bond donors (Lipinski definition) is 0. The van der Waals surface area contributed by atoms with Gasteiger partial charge in [0.25, 0.3) is 0 Å². The van der Waals surface area contributed by atoms with E-state index in [1.54, 1.807) is 0 Å². The molecule has 458 valence electrons. The number of carbonyl (C=O) groups is 3. The minimum atomic E-state index is -0.786. The second-order valence-electron chi connectivity index (χ2n) is 23.1. The molecule has 0 aromatic carbocycles. The van der Waals surface area contributed by atoms with E-state index >= 15 is 0 Å². The molecule has 79 heavy (non-hydrogen) atoms. The number of carbonyl (C=O) groups excluding carboxylic acids is 3. The van der Waals surface area contributed by atoms with Crippen LogP contribution in [0.15, 0.2) is 72.9 Å². The molecule has 0 bridgehead atoms. The van der Waals surface area contributed by atoms with Gasteiger partial charge in [0.2, 0.25) is 0 Å². The Hall–Kier alpha value is -3.15. The molecule has 0 aliphatic rings. The van der Waals surface area contributed by atoms with E-state index in [2.05, 4.69) is 93.7 Å². The zero-order valence-electron chi connectivity index (χ0n) is 52.6. The molecule has 0 N–H and O–H groups in total. The van der Waals surface area contributed by atoms with Gasteiger partial charge in [0.1, 0.15) is 13.2 Å². The van der Waals surface area contributed by atoms with Crippen molar-refractivity contribution < 1.29 is 28.6 Å². The van der Waals surface area contributed by atoms with E-state index in [0.29, 0.717) is 19.3 Å². The fourth-order valence-corrected chi connectivity index (χ4v) is 10.1. The van der Waals surface area contributed by atoms with E-state index in [9.17, 15) is 14.4 Å². The van der Waals surface area contributed by atoms with Gasteiger partial charge in [0, 0.05) is 19.3 Å². The fourth-order valence-electron chi connectivity index (χ4n) is 10.1. The molecule has 0 aromatic rings. The lowest BCUT2D eigenvalue weighted by molar-refractivity contribution is -0.167. The first kappa shape index (κ1) is 75.8. The minimum Gasteiger partial charge on any atom is -0.462 e. The highest BCUT2D eigenvalue weighted by Crippen LogP contribution is 2.18. The molecule has 0 aliphatic carbocycles. The molecule has 6 nitrogen and oxygen atoms in total. The van der Waals surface area contributed by atoms with Gasteiger partial charge in [0.05, 0.1) is 0 Å². The molecule has 0 aromatic heterocycles. The van der Waals surface area contributed by atoms with Crippen molar-refractivity contribution in [2.75, 3.05) is 13.2 Å². The molecule has 1 atom stereocenters. The van der Waals surface area contributed by atoms with Crippen molar-refractivity contribution in [2.24, 2.45) is 0 Å². The van der Waals surface area contributed by atoms with Crippen LogP contribution in [0.4, 0.5) is 0 Å². The van der Waals surface area contributed by atoms with Gasteiger partial charge >= 0.3 is 17.9 Å². The van der Waals surface area contributed by atoms with E-state index in [1.165, 1.54) is 199 Å². The highest BCUT2D eigenvalue weighted by molar-refractivity contribution is 5.71. The maximum absolute atomic E-state index is 12.9. The highest BCUT2D eigenvalue weighted by Gasteiger charge is 2.19. The number of esters is 3. The average molecular weight is 1100 g/mol. The van der Waals surface area contributed by atoms with Crippen LogP contribution in [0.2, 0.25) is 0 Å². The van der Waals surface area contributed by atoms with Gasteiger partial charge in [-0.3, -0.25) is 14.4 Å². The third-order valence-corrected chi connectivity index (χ3v) is 15.2. The van der Waals surface area contributed by atoms with Crippen molar-refractivity contribution in [3.63, 3.8) is 0 Å². The van der Waals surface area contributed by atoms with Crippen LogP contribution in [0.1, 0.15) is 355 Å². The Bertz CT molecular complexity index is 1450. The predicted molar refractivity (Wildman–Crippen MR) is 344 cm³/mol. The van der Waals surface area contributed by atoms with Crippen molar-refractivity contribution in [3.05, 3.63) is 72.9 Å². The van der Waals surface area contributed by atoms with Crippen LogP contribution >= 0.6 is 0 Å². The molecule has 0 heterocycles. The molecule has 0 rings (SSSR count). The summed E-state index contributed by atoms with van der Waals surface area (Å²) in [6, 6.07) is 0. The van der Waals surface area contributed by atoms with Crippen molar-refractivity contribution in [2.45, 2.75) is 361 Å². The number of hydrogen-bond acceptors (Lipinski definition) is 6. The third-order valence-electron chi connectivity index (χ3n) is 15.2. The lowest BCUT2D eigenvalue weighted by Crippen LogP contribution is -2.30. The lowest BCUT2D eigenvalue weighted by Gasteiger charge is -2.18. The van der Waals surface area contributed by atoms with Gasteiger partial charge in [-0.1, -0.05) is 325 Å². The van der Waals surface area contributed by atoms with E-state index in [1.807, 2.05) is 0 Å². The Morgan fingerprint density at radius 3 is 0.823 bits per heavy atom. The Balaban J connectivity index is 4.25. The quantitative estimate of drug-likeness (QED) is 0.0261. The summed E-state index contributed by atoms with van der Waals surface area (Å²) in [4.78, 5) is 38.4. The maximum Gasteiger partial charge on any atom is 0.306 e. The molecule has 6 heteroatoms. The highest BCUT2D eigenvalue weighted by atomic mass is 16.6. The van der Waals surface area contributed by atoms with Gasteiger partial charge in [-0.2, -0.15) is 0 Å². The summed E-state index contributed by atoms with van der Waals surface area (Å²) in [5.74, 6) is -0.885. The molecule has 0 radical (unpaired) electrons. The van der Waals surface area contributed by atoms with Gasteiger partial charge in [-0.25, -0.2) is 0 Å². The maximum atomic E-state index is 12.9. The first-order valence-electron chi connectivity index (χ1n) is 34.4. The van der Waals surface area contributed by atoms with Gasteiger partial charge in [-0.05, 0) is 83.5 Å². The number of rotatable bonds is 63. The summed E-state index contributed by atoms with van der Waals surface area (Å²) in [6.45, 7) is 6.50. The average Bonchev–Trinajstić information content (AvgIpc) is 3.45. The molecule has 1 unspecified atom stereocenters. The topological polar surface area (TPSA) is 78.9 Å². The molecule has 0 fully saturated rings. The monoisotopic (exact) mass is 1100 g/mol. The Morgan fingerprint density at radius 2 is 0.519 bits per heavy atom. The van der Waals surface area contributed by atoms with Crippen LogP contribution < -0.4 is 0 Å². The van der Waals surface area contributed by atoms with Crippen LogP contribution in [-0.2, 0) is 28.6 Å². The van der Waals surface area contributed by atoms with Crippen molar-refractivity contribution >= 4 is 17.9 Å².